The number of hydrogen-bond acceptors (Lipinski definition) is 8. The Morgan fingerprint density at radius 2 is 2.00 bits per heavy atom. The summed E-state index contributed by atoms with van der Waals surface area (Å²) in [5, 5.41) is 19.7. The van der Waals surface area contributed by atoms with E-state index in [1.165, 1.54) is 0 Å². The minimum atomic E-state index is -0.301. The van der Waals surface area contributed by atoms with Crippen LogP contribution in [0, 0.1) is 6.92 Å². The molecule has 0 aliphatic carbocycles. The van der Waals surface area contributed by atoms with Crippen LogP contribution in [0.1, 0.15) is 46.4 Å². The fourth-order valence-corrected chi connectivity index (χ4v) is 6.54. The lowest BCUT2D eigenvalue weighted by molar-refractivity contribution is -0.119. The predicted molar refractivity (Wildman–Crippen MR) is 182 cm³/mol. The largest absolute Gasteiger partial charge is 0.496 e. The van der Waals surface area contributed by atoms with E-state index in [1.807, 2.05) is 55.5 Å². The van der Waals surface area contributed by atoms with Crippen molar-refractivity contribution in [2.75, 3.05) is 32.1 Å². The van der Waals surface area contributed by atoms with Crippen molar-refractivity contribution in [3.8, 4) is 28.1 Å². The fraction of sp³-hybridized carbons (Fsp3) is 0.333. The van der Waals surface area contributed by atoms with Gasteiger partial charge in [-0.2, -0.15) is 0 Å². The van der Waals surface area contributed by atoms with Gasteiger partial charge in [0.25, 0.3) is 5.91 Å². The molecule has 2 amide bonds. The van der Waals surface area contributed by atoms with Crippen LogP contribution in [0.15, 0.2) is 67.0 Å². The molecule has 4 aromatic rings. The number of aliphatic hydroxyl groups is 1. The van der Waals surface area contributed by atoms with Gasteiger partial charge in [-0.1, -0.05) is 41.9 Å². The number of rotatable bonds is 11. The highest BCUT2D eigenvalue weighted by Crippen LogP contribution is 2.39. The van der Waals surface area contributed by atoms with Crippen LogP contribution in [0.2, 0.25) is 5.02 Å². The van der Waals surface area contributed by atoms with Gasteiger partial charge in [-0.05, 0) is 60.7 Å². The molecule has 244 valence electrons. The van der Waals surface area contributed by atoms with Crippen LogP contribution in [0.4, 0.5) is 5.69 Å². The average molecular weight is 655 g/mol. The fourth-order valence-electron chi connectivity index (χ4n) is 6.22. The summed E-state index contributed by atoms with van der Waals surface area (Å²) in [6.07, 6.45) is 5.37. The summed E-state index contributed by atoms with van der Waals surface area (Å²) in [6, 6.07) is 17.3. The van der Waals surface area contributed by atoms with Gasteiger partial charge in [-0.15, -0.1) is 0 Å². The van der Waals surface area contributed by atoms with Crippen molar-refractivity contribution >= 4 is 29.1 Å². The Kier molecular flexibility index (Phi) is 10.1. The normalized spacial score (nSPS) is 17.9. The number of carbonyl (C=O) groups is 2. The van der Waals surface area contributed by atoms with Crippen LogP contribution in [0.5, 0.6) is 5.75 Å². The zero-order chi connectivity index (χ0) is 32.9. The number of benzene rings is 2. The smallest absolute Gasteiger partial charge is 0.274 e. The number of aliphatic hydroxyl groups excluding tert-OH is 1. The van der Waals surface area contributed by atoms with Gasteiger partial charge in [-0.3, -0.25) is 24.5 Å². The molecular weight excluding hydrogens is 616 g/mol. The first-order chi connectivity index (χ1) is 22.8. The molecule has 4 heterocycles. The van der Waals surface area contributed by atoms with Gasteiger partial charge in [-0.25, -0.2) is 0 Å². The van der Waals surface area contributed by atoms with Crippen LogP contribution < -0.4 is 20.7 Å². The first-order valence-corrected chi connectivity index (χ1v) is 16.3. The van der Waals surface area contributed by atoms with E-state index in [1.54, 1.807) is 25.6 Å². The van der Waals surface area contributed by atoms with Gasteiger partial charge >= 0.3 is 0 Å². The number of β-amino-alcohol motifs (C(OH)–C–C–N with tert-alkyl or cyclic N) is 1. The molecule has 0 unspecified atom stereocenters. The first kappa shape index (κ1) is 32.6. The summed E-state index contributed by atoms with van der Waals surface area (Å²) in [4.78, 5) is 35.8. The number of amides is 2. The summed E-state index contributed by atoms with van der Waals surface area (Å²) in [6.45, 7) is 5.44. The van der Waals surface area contributed by atoms with E-state index in [0.717, 1.165) is 52.8 Å². The Bertz CT molecular complexity index is 1770. The molecule has 2 atom stereocenters. The van der Waals surface area contributed by atoms with Crippen LogP contribution in [0.25, 0.3) is 22.4 Å². The van der Waals surface area contributed by atoms with E-state index in [-0.39, 0.29) is 24.0 Å². The molecule has 0 saturated carbocycles. The van der Waals surface area contributed by atoms with Crippen molar-refractivity contribution in [3.05, 3.63) is 94.4 Å². The minimum Gasteiger partial charge on any atom is -0.496 e. The lowest BCUT2D eigenvalue weighted by Gasteiger charge is -2.17. The molecule has 47 heavy (non-hydrogen) atoms. The molecule has 2 aromatic heterocycles. The predicted octanol–water partition coefficient (Wildman–Crippen LogP) is 4.97. The number of likely N-dealkylation sites (tertiary alicyclic amines) is 1. The highest BCUT2D eigenvalue weighted by Gasteiger charge is 2.22. The number of hydrogen-bond donors (Lipinski definition) is 4. The number of pyridine rings is 2. The van der Waals surface area contributed by atoms with Crippen LogP contribution in [-0.2, 0) is 17.9 Å². The maximum Gasteiger partial charge on any atom is 0.274 e. The van der Waals surface area contributed by atoms with Crippen molar-refractivity contribution in [2.45, 2.75) is 51.4 Å². The van der Waals surface area contributed by atoms with E-state index in [2.05, 4.69) is 30.8 Å². The first-order valence-electron chi connectivity index (χ1n) is 15.9. The average Bonchev–Trinajstić information content (AvgIpc) is 3.69. The molecule has 2 aromatic carbocycles. The van der Waals surface area contributed by atoms with E-state index >= 15 is 0 Å². The Balaban J connectivity index is 1.16. The quantitative estimate of drug-likeness (QED) is 0.179. The summed E-state index contributed by atoms with van der Waals surface area (Å²) < 4.78 is 5.71. The molecule has 6 rings (SSSR count). The van der Waals surface area contributed by atoms with Crippen molar-refractivity contribution in [2.24, 2.45) is 0 Å². The summed E-state index contributed by atoms with van der Waals surface area (Å²) in [5.41, 5.74) is 6.94. The van der Waals surface area contributed by atoms with E-state index in [0.29, 0.717) is 60.4 Å². The molecule has 4 N–H and O–H groups in total. The van der Waals surface area contributed by atoms with Crippen molar-refractivity contribution in [1.82, 2.24) is 25.5 Å². The second-order valence-corrected chi connectivity index (χ2v) is 12.5. The Labute approximate surface area is 279 Å². The molecule has 11 heteroatoms. The number of anilines is 1. The summed E-state index contributed by atoms with van der Waals surface area (Å²) in [5.74, 6) is 0.516. The third kappa shape index (κ3) is 7.63. The summed E-state index contributed by atoms with van der Waals surface area (Å²) >= 11 is 7.03. The van der Waals surface area contributed by atoms with Crippen LogP contribution in [0.3, 0.4) is 0 Å². The molecule has 2 fully saturated rings. The second kappa shape index (κ2) is 14.6. The van der Waals surface area contributed by atoms with E-state index < -0.39 is 0 Å². The van der Waals surface area contributed by atoms with Gasteiger partial charge < -0.3 is 25.8 Å². The lowest BCUT2D eigenvalue weighted by atomic mass is 9.97. The molecule has 10 nitrogen and oxygen atoms in total. The highest BCUT2D eigenvalue weighted by atomic mass is 35.5. The lowest BCUT2D eigenvalue weighted by Crippen LogP contribution is -2.35. The molecule has 2 saturated heterocycles. The molecule has 0 bridgehead atoms. The zero-order valence-electron chi connectivity index (χ0n) is 26.6. The topological polar surface area (TPSA) is 129 Å². The molecule has 0 spiro atoms. The molecular formula is C36H39ClN6O4. The minimum absolute atomic E-state index is 0.104. The standard InChI is InChI=1S/C36H39ClN6O4/c1-22-28(4-3-5-30(22)42-36(46)31-10-6-23(17-40-31)20-43-15-13-27(44)21-43)29-12-14-39-35(34(29)37)24-7-8-25(32(16-24)47-2)18-38-19-26-9-11-33(45)41-26/h3-8,10,12,14,16-17,26-27,38,44H,9,11,13,15,18-21H2,1-2H3,(H,41,45)(H,42,46)/t26-,27+/m0/s1. The number of methoxy groups -OCH3 is 1. The maximum absolute atomic E-state index is 13.2. The second-order valence-electron chi connectivity index (χ2n) is 12.1. The number of ether oxygens (including phenoxy) is 1. The highest BCUT2D eigenvalue weighted by molar-refractivity contribution is 6.35. The van der Waals surface area contributed by atoms with Crippen LogP contribution >= 0.6 is 11.6 Å². The number of nitrogens with zero attached hydrogens (tertiary/aromatic N) is 3. The Morgan fingerprint density at radius 3 is 2.72 bits per heavy atom. The molecule has 2 aliphatic heterocycles. The van der Waals surface area contributed by atoms with Crippen molar-refractivity contribution in [3.63, 3.8) is 0 Å². The molecule has 0 radical (unpaired) electrons. The van der Waals surface area contributed by atoms with E-state index in [4.69, 9.17) is 16.3 Å². The van der Waals surface area contributed by atoms with Crippen LogP contribution in [-0.4, -0.2) is 70.7 Å². The summed E-state index contributed by atoms with van der Waals surface area (Å²) in [7, 11) is 1.64. The van der Waals surface area contributed by atoms with Gasteiger partial charge in [0, 0.05) is 80.0 Å². The van der Waals surface area contributed by atoms with E-state index in [9.17, 15) is 14.7 Å². The molecule has 2 aliphatic rings. The Hall–Kier alpha value is -4.35. The van der Waals surface area contributed by atoms with Crippen molar-refractivity contribution < 1.29 is 19.4 Å². The number of halogens is 1. The van der Waals surface area contributed by atoms with Gasteiger partial charge in [0.2, 0.25) is 5.91 Å². The van der Waals surface area contributed by atoms with Gasteiger partial charge in [0.05, 0.1) is 23.9 Å². The Morgan fingerprint density at radius 1 is 1.13 bits per heavy atom. The number of aromatic nitrogens is 2. The third-order valence-corrected chi connectivity index (χ3v) is 9.21. The SMILES string of the molecule is COc1cc(-c2nccc(-c3cccc(NC(=O)c4ccc(CN5CC[C@@H](O)C5)cn4)c3C)c2Cl)ccc1CNC[C@@H]1CCC(=O)N1. The third-order valence-electron chi connectivity index (χ3n) is 8.82. The van der Waals surface area contributed by atoms with Gasteiger partial charge in [0.1, 0.15) is 11.4 Å². The maximum atomic E-state index is 13.2. The van der Waals surface area contributed by atoms with Gasteiger partial charge in [0.15, 0.2) is 0 Å². The van der Waals surface area contributed by atoms with Crippen molar-refractivity contribution in [1.29, 1.82) is 0 Å². The zero-order valence-corrected chi connectivity index (χ0v) is 27.3. The monoisotopic (exact) mass is 654 g/mol. The number of nitrogens with one attached hydrogen (secondary N) is 3. The number of carbonyl (C=O) groups excluding carboxylic acids is 2.